The number of thiophene rings is 1. The second-order valence-electron chi connectivity index (χ2n) is 7.39. The number of para-hydroxylation sites is 1. The molecule has 0 saturated heterocycles. The van der Waals surface area contributed by atoms with Crippen molar-refractivity contribution in [1.29, 1.82) is 0 Å². The lowest BCUT2D eigenvalue weighted by molar-refractivity contribution is -0.123. The summed E-state index contributed by atoms with van der Waals surface area (Å²) in [5.74, 6) is -0.706. The highest BCUT2D eigenvalue weighted by Gasteiger charge is 2.23. The third-order valence-electron chi connectivity index (χ3n) is 5.05. The van der Waals surface area contributed by atoms with Crippen LogP contribution in [0, 0.1) is 6.92 Å². The van der Waals surface area contributed by atoms with Crippen molar-refractivity contribution in [2.75, 3.05) is 12.0 Å². The SMILES string of the molecule is CSCCC(NC(=O)c1ccco1)C(=O)NNC(=O)c1cc2c(C)nn(-c3ccccc3)c2s1. The van der Waals surface area contributed by atoms with Gasteiger partial charge in [0.15, 0.2) is 5.76 Å². The maximum Gasteiger partial charge on any atom is 0.287 e. The number of thioether (sulfide) groups is 1. The summed E-state index contributed by atoms with van der Waals surface area (Å²) in [6, 6.07) is 13.7. The van der Waals surface area contributed by atoms with Gasteiger partial charge in [-0.25, -0.2) is 4.68 Å². The van der Waals surface area contributed by atoms with Crippen LogP contribution in [0.25, 0.3) is 15.9 Å². The quantitative estimate of drug-likeness (QED) is 0.322. The van der Waals surface area contributed by atoms with E-state index in [1.807, 2.05) is 43.5 Å². The summed E-state index contributed by atoms with van der Waals surface area (Å²) in [5, 5.41) is 8.09. The molecule has 4 aromatic rings. The number of nitrogens with one attached hydrogen (secondary N) is 3. The van der Waals surface area contributed by atoms with Gasteiger partial charge >= 0.3 is 0 Å². The van der Waals surface area contributed by atoms with Crippen LogP contribution in [0.3, 0.4) is 0 Å². The first-order valence-corrected chi connectivity index (χ1v) is 12.7. The molecule has 1 unspecified atom stereocenters. The standard InChI is InChI=1S/C23H23N5O4S2/c1-14-16-13-19(34-23(16)28(27-14)15-7-4-3-5-8-15)22(31)26-25-20(29)17(10-12-33-2)24-21(30)18-9-6-11-32-18/h3-9,11,13,17H,10,12H2,1-2H3,(H,24,30)(H,25,29)(H,26,31). The molecule has 0 bridgehead atoms. The Morgan fingerprint density at radius 2 is 1.91 bits per heavy atom. The van der Waals surface area contributed by atoms with Gasteiger partial charge in [-0.3, -0.25) is 25.2 Å². The number of hydrazine groups is 1. The maximum atomic E-state index is 12.8. The second kappa shape index (κ2) is 10.6. The number of aryl methyl sites for hydroxylation is 1. The van der Waals surface area contributed by atoms with Gasteiger partial charge in [0.2, 0.25) is 0 Å². The molecule has 0 aliphatic heterocycles. The summed E-state index contributed by atoms with van der Waals surface area (Å²) < 4.78 is 6.88. The van der Waals surface area contributed by atoms with E-state index in [2.05, 4.69) is 21.3 Å². The second-order valence-corrected chi connectivity index (χ2v) is 9.41. The summed E-state index contributed by atoms with van der Waals surface area (Å²) >= 11 is 2.83. The molecule has 4 rings (SSSR count). The van der Waals surface area contributed by atoms with Crippen molar-refractivity contribution >= 4 is 51.0 Å². The van der Waals surface area contributed by atoms with E-state index in [4.69, 9.17) is 4.42 Å². The fraction of sp³-hybridized carbons (Fsp3) is 0.217. The topological polar surface area (TPSA) is 118 Å². The summed E-state index contributed by atoms with van der Waals surface area (Å²) in [6.07, 6.45) is 3.69. The van der Waals surface area contributed by atoms with Crippen LogP contribution in [-0.2, 0) is 4.79 Å². The molecular weight excluding hydrogens is 474 g/mol. The number of carbonyl (C=O) groups is 3. The Morgan fingerprint density at radius 3 is 2.62 bits per heavy atom. The summed E-state index contributed by atoms with van der Waals surface area (Å²) in [4.78, 5) is 39.1. The van der Waals surface area contributed by atoms with Gasteiger partial charge in [0.25, 0.3) is 17.7 Å². The van der Waals surface area contributed by atoms with E-state index in [0.29, 0.717) is 17.1 Å². The molecule has 0 spiro atoms. The predicted molar refractivity (Wildman–Crippen MR) is 132 cm³/mol. The molecule has 176 valence electrons. The molecular formula is C23H23N5O4S2. The van der Waals surface area contributed by atoms with Gasteiger partial charge in [-0.15, -0.1) is 11.3 Å². The summed E-state index contributed by atoms with van der Waals surface area (Å²) in [6.45, 7) is 1.88. The number of benzene rings is 1. The third kappa shape index (κ3) is 5.15. The van der Waals surface area contributed by atoms with Gasteiger partial charge in [-0.2, -0.15) is 16.9 Å². The Balaban J connectivity index is 1.44. The number of fused-ring (bicyclic) bond motifs is 1. The number of rotatable bonds is 8. The first kappa shape index (κ1) is 23.6. The number of furan rings is 1. The van der Waals surface area contributed by atoms with Gasteiger partial charge in [0.1, 0.15) is 10.9 Å². The Kier molecular flexibility index (Phi) is 7.33. The normalized spacial score (nSPS) is 11.8. The lowest BCUT2D eigenvalue weighted by atomic mass is 10.2. The minimum absolute atomic E-state index is 0.110. The highest BCUT2D eigenvalue weighted by molar-refractivity contribution is 7.98. The number of amides is 3. The molecule has 3 heterocycles. The van der Waals surface area contributed by atoms with Gasteiger partial charge in [0, 0.05) is 5.39 Å². The first-order valence-electron chi connectivity index (χ1n) is 10.5. The molecule has 0 saturated carbocycles. The van der Waals surface area contributed by atoms with Crippen molar-refractivity contribution in [3.05, 3.63) is 71.1 Å². The Bertz CT molecular complexity index is 1300. The van der Waals surface area contributed by atoms with Crippen LogP contribution >= 0.6 is 23.1 Å². The number of carbonyl (C=O) groups excluding carboxylic acids is 3. The molecule has 3 amide bonds. The number of hydrogen-bond donors (Lipinski definition) is 3. The molecule has 0 fully saturated rings. The highest BCUT2D eigenvalue weighted by atomic mass is 32.2. The lowest BCUT2D eigenvalue weighted by Gasteiger charge is -2.17. The first-order chi connectivity index (χ1) is 16.5. The Morgan fingerprint density at radius 1 is 1.12 bits per heavy atom. The fourth-order valence-corrected chi connectivity index (χ4v) is 4.86. The Labute approximate surface area is 203 Å². The van der Waals surface area contributed by atoms with Crippen LogP contribution in [0.4, 0.5) is 0 Å². The van der Waals surface area contributed by atoms with Gasteiger partial charge in [-0.05, 0) is 55.7 Å². The maximum absolute atomic E-state index is 12.8. The summed E-state index contributed by atoms with van der Waals surface area (Å²) in [5.41, 5.74) is 6.58. The van der Waals surface area contributed by atoms with Crippen LogP contribution in [-0.4, -0.2) is 45.6 Å². The van der Waals surface area contributed by atoms with E-state index in [-0.39, 0.29) is 5.76 Å². The zero-order valence-electron chi connectivity index (χ0n) is 18.5. The van der Waals surface area contributed by atoms with E-state index in [0.717, 1.165) is 21.6 Å². The minimum atomic E-state index is -0.832. The van der Waals surface area contributed by atoms with E-state index < -0.39 is 23.8 Å². The van der Waals surface area contributed by atoms with Crippen LogP contribution < -0.4 is 16.2 Å². The van der Waals surface area contributed by atoms with Crippen LogP contribution in [0.15, 0.2) is 59.2 Å². The highest BCUT2D eigenvalue weighted by Crippen LogP contribution is 2.30. The smallest absolute Gasteiger partial charge is 0.287 e. The van der Waals surface area contributed by atoms with Crippen molar-refractivity contribution in [1.82, 2.24) is 25.9 Å². The molecule has 0 aliphatic carbocycles. The van der Waals surface area contributed by atoms with Crippen molar-refractivity contribution < 1.29 is 18.8 Å². The van der Waals surface area contributed by atoms with Crippen LogP contribution in [0.1, 0.15) is 32.3 Å². The van der Waals surface area contributed by atoms with Gasteiger partial charge < -0.3 is 9.73 Å². The molecule has 9 nitrogen and oxygen atoms in total. The zero-order chi connectivity index (χ0) is 24.1. The van der Waals surface area contributed by atoms with Crippen molar-refractivity contribution in [2.24, 2.45) is 0 Å². The molecule has 3 aromatic heterocycles. The number of aromatic nitrogens is 2. The van der Waals surface area contributed by atoms with E-state index in [1.165, 1.54) is 23.7 Å². The van der Waals surface area contributed by atoms with Gasteiger partial charge in [-0.1, -0.05) is 18.2 Å². The van der Waals surface area contributed by atoms with Crippen molar-refractivity contribution in [3.8, 4) is 5.69 Å². The minimum Gasteiger partial charge on any atom is -0.459 e. The summed E-state index contributed by atoms with van der Waals surface area (Å²) in [7, 11) is 0. The number of hydrogen-bond acceptors (Lipinski definition) is 7. The monoisotopic (exact) mass is 497 g/mol. The predicted octanol–water partition coefficient (Wildman–Crippen LogP) is 3.30. The van der Waals surface area contributed by atoms with Gasteiger partial charge in [0.05, 0.1) is 22.5 Å². The molecule has 0 radical (unpaired) electrons. The third-order valence-corrected chi connectivity index (χ3v) is 6.80. The number of nitrogens with zero attached hydrogens (tertiary/aromatic N) is 2. The zero-order valence-corrected chi connectivity index (χ0v) is 20.2. The van der Waals surface area contributed by atoms with E-state index in [9.17, 15) is 14.4 Å². The van der Waals surface area contributed by atoms with E-state index >= 15 is 0 Å². The van der Waals surface area contributed by atoms with Crippen molar-refractivity contribution in [3.63, 3.8) is 0 Å². The van der Waals surface area contributed by atoms with Crippen LogP contribution in [0.5, 0.6) is 0 Å². The largest absolute Gasteiger partial charge is 0.459 e. The van der Waals surface area contributed by atoms with Crippen molar-refractivity contribution in [2.45, 2.75) is 19.4 Å². The Hall–Kier alpha value is -3.57. The average molecular weight is 498 g/mol. The lowest BCUT2D eigenvalue weighted by Crippen LogP contribution is -2.52. The molecule has 11 heteroatoms. The molecule has 0 aliphatic rings. The fourth-order valence-electron chi connectivity index (χ4n) is 3.31. The molecule has 1 aromatic carbocycles. The molecule has 34 heavy (non-hydrogen) atoms. The van der Waals surface area contributed by atoms with Crippen LogP contribution in [0.2, 0.25) is 0 Å². The molecule has 1 atom stereocenters. The average Bonchev–Trinajstić information content (AvgIpc) is 3.59. The van der Waals surface area contributed by atoms with E-state index in [1.54, 1.807) is 28.6 Å². The molecule has 3 N–H and O–H groups in total.